The highest BCUT2D eigenvalue weighted by molar-refractivity contribution is 6.31. The Morgan fingerprint density at radius 1 is 1.04 bits per heavy atom. The second kappa shape index (κ2) is 8.10. The SMILES string of the molecule is FC(F)(F)c1ccccc1C=NN1CC[NH+](Cc2ccccc2Cl)CC1. The number of hydrogen-bond acceptors (Lipinski definition) is 2. The van der Waals surface area contributed by atoms with Crippen molar-refractivity contribution in [3.8, 4) is 0 Å². The molecule has 26 heavy (non-hydrogen) atoms. The monoisotopic (exact) mass is 382 g/mol. The van der Waals surface area contributed by atoms with E-state index >= 15 is 0 Å². The third kappa shape index (κ3) is 4.77. The van der Waals surface area contributed by atoms with Gasteiger partial charge < -0.3 is 4.90 Å². The molecule has 0 amide bonds. The molecule has 0 unspecified atom stereocenters. The Bertz CT molecular complexity index is 769. The van der Waals surface area contributed by atoms with E-state index in [2.05, 4.69) is 5.10 Å². The summed E-state index contributed by atoms with van der Waals surface area (Å²) in [6.07, 6.45) is -3.07. The minimum absolute atomic E-state index is 0.0887. The lowest BCUT2D eigenvalue weighted by molar-refractivity contribution is -0.918. The minimum Gasteiger partial charge on any atom is -0.328 e. The van der Waals surface area contributed by atoms with Crippen LogP contribution in [0.2, 0.25) is 5.02 Å². The number of hydrazone groups is 1. The molecule has 0 saturated carbocycles. The van der Waals surface area contributed by atoms with Gasteiger partial charge in [-0.15, -0.1) is 0 Å². The summed E-state index contributed by atoms with van der Waals surface area (Å²) in [6, 6.07) is 13.3. The summed E-state index contributed by atoms with van der Waals surface area (Å²) in [5.41, 5.74) is 0.540. The summed E-state index contributed by atoms with van der Waals surface area (Å²) in [7, 11) is 0. The number of piperazine rings is 1. The van der Waals surface area contributed by atoms with Crippen LogP contribution in [0.4, 0.5) is 13.2 Å². The molecule has 2 aromatic rings. The molecule has 1 saturated heterocycles. The molecule has 0 aromatic heterocycles. The Morgan fingerprint density at radius 3 is 2.38 bits per heavy atom. The highest BCUT2D eigenvalue weighted by Gasteiger charge is 2.32. The molecule has 1 aliphatic heterocycles. The van der Waals surface area contributed by atoms with Crippen molar-refractivity contribution < 1.29 is 18.1 Å². The van der Waals surface area contributed by atoms with Crippen LogP contribution in [0.25, 0.3) is 0 Å². The van der Waals surface area contributed by atoms with Gasteiger partial charge in [0.2, 0.25) is 0 Å². The molecule has 1 N–H and O–H groups in total. The zero-order chi connectivity index (χ0) is 18.6. The second-order valence-electron chi connectivity index (χ2n) is 6.30. The first kappa shape index (κ1) is 18.7. The van der Waals surface area contributed by atoms with E-state index in [1.165, 1.54) is 23.2 Å². The molecule has 3 nitrogen and oxygen atoms in total. The second-order valence-corrected chi connectivity index (χ2v) is 6.71. The summed E-state index contributed by atoms with van der Waals surface area (Å²) >= 11 is 6.20. The van der Waals surface area contributed by atoms with Gasteiger partial charge in [0.05, 0.1) is 38.0 Å². The normalized spacial score (nSPS) is 16.4. The van der Waals surface area contributed by atoms with Gasteiger partial charge in [0, 0.05) is 16.1 Å². The van der Waals surface area contributed by atoms with Crippen molar-refractivity contribution >= 4 is 17.8 Å². The Hall–Kier alpha value is -2.05. The zero-order valence-corrected chi connectivity index (χ0v) is 14.9. The molecule has 1 fully saturated rings. The number of nitrogens with zero attached hydrogens (tertiary/aromatic N) is 2. The molecule has 0 radical (unpaired) electrons. The van der Waals surface area contributed by atoms with E-state index in [9.17, 15) is 13.2 Å². The number of halogens is 4. The summed E-state index contributed by atoms with van der Waals surface area (Å²) < 4.78 is 39.0. The number of benzene rings is 2. The van der Waals surface area contributed by atoms with Crippen molar-refractivity contribution in [1.29, 1.82) is 0 Å². The quantitative estimate of drug-likeness (QED) is 0.806. The Labute approximate surface area is 155 Å². The van der Waals surface area contributed by atoms with Crippen LogP contribution < -0.4 is 4.90 Å². The van der Waals surface area contributed by atoms with E-state index in [0.717, 1.165) is 36.3 Å². The van der Waals surface area contributed by atoms with Crippen molar-refractivity contribution in [3.63, 3.8) is 0 Å². The van der Waals surface area contributed by atoms with Crippen LogP contribution >= 0.6 is 11.6 Å². The van der Waals surface area contributed by atoms with Crippen LogP contribution in [0, 0.1) is 0 Å². The summed E-state index contributed by atoms with van der Waals surface area (Å²) in [5, 5.41) is 6.85. The Balaban J connectivity index is 1.58. The lowest BCUT2D eigenvalue weighted by atomic mass is 10.1. The van der Waals surface area contributed by atoms with Crippen LogP contribution in [-0.2, 0) is 12.7 Å². The minimum atomic E-state index is -4.37. The van der Waals surface area contributed by atoms with Gasteiger partial charge in [0.1, 0.15) is 6.54 Å². The van der Waals surface area contributed by atoms with E-state index in [4.69, 9.17) is 11.6 Å². The van der Waals surface area contributed by atoms with Crippen molar-refractivity contribution in [2.45, 2.75) is 12.7 Å². The molecule has 0 aliphatic carbocycles. The predicted octanol–water partition coefficient (Wildman–Crippen LogP) is 3.09. The number of alkyl halides is 3. The highest BCUT2D eigenvalue weighted by Crippen LogP contribution is 2.31. The Kier molecular flexibility index (Phi) is 5.84. The molecule has 1 heterocycles. The van der Waals surface area contributed by atoms with E-state index < -0.39 is 11.7 Å². The van der Waals surface area contributed by atoms with Gasteiger partial charge in [0.15, 0.2) is 0 Å². The number of rotatable bonds is 4. The van der Waals surface area contributed by atoms with Gasteiger partial charge in [-0.25, -0.2) is 0 Å². The van der Waals surface area contributed by atoms with Crippen molar-refractivity contribution in [2.24, 2.45) is 5.10 Å². The molecule has 0 spiro atoms. The maximum Gasteiger partial charge on any atom is 0.417 e. The smallest absolute Gasteiger partial charge is 0.328 e. The molecule has 0 atom stereocenters. The molecule has 138 valence electrons. The molecule has 2 aromatic carbocycles. The maximum atomic E-state index is 13.0. The average Bonchev–Trinajstić information content (AvgIpc) is 2.62. The third-order valence-corrected chi connectivity index (χ3v) is 4.84. The molecule has 7 heteroatoms. The highest BCUT2D eigenvalue weighted by atomic mass is 35.5. The van der Waals surface area contributed by atoms with Crippen LogP contribution in [0.5, 0.6) is 0 Å². The standard InChI is InChI=1S/C19H19ClF3N3/c20-18-8-4-2-6-16(18)14-25-9-11-26(12-10-25)24-13-15-5-1-3-7-17(15)19(21,22)23/h1-8,13H,9-12,14H2/p+1. The number of nitrogens with one attached hydrogen (secondary N) is 1. The van der Waals surface area contributed by atoms with Gasteiger partial charge >= 0.3 is 6.18 Å². The van der Waals surface area contributed by atoms with E-state index in [1.54, 1.807) is 6.07 Å². The summed E-state index contributed by atoms with van der Waals surface area (Å²) in [4.78, 5) is 1.39. The van der Waals surface area contributed by atoms with Crippen LogP contribution in [0.1, 0.15) is 16.7 Å². The lowest BCUT2D eigenvalue weighted by Gasteiger charge is -2.30. The summed E-state index contributed by atoms with van der Waals surface area (Å²) in [5.74, 6) is 0. The van der Waals surface area contributed by atoms with Gasteiger partial charge in [0.25, 0.3) is 0 Å². The average molecular weight is 383 g/mol. The van der Waals surface area contributed by atoms with Gasteiger partial charge in [-0.1, -0.05) is 48.0 Å². The lowest BCUT2D eigenvalue weighted by Crippen LogP contribution is -3.13. The van der Waals surface area contributed by atoms with Crippen LogP contribution in [-0.4, -0.2) is 37.4 Å². The summed E-state index contributed by atoms with van der Waals surface area (Å²) in [6.45, 7) is 3.97. The zero-order valence-electron chi connectivity index (χ0n) is 14.1. The fourth-order valence-corrected chi connectivity index (χ4v) is 3.23. The third-order valence-electron chi connectivity index (χ3n) is 4.47. The first-order chi connectivity index (χ1) is 12.4. The van der Waals surface area contributed by atoms with E-state index in [0.29, 0.717) is 13.1 Å². The molecule has 0 bridgehead atoms. The van der Waals surface area contributed by atoms with Gasteiger partial charge in [-0.2, -0.15) is 18.3 Å². The fraction of sp³-hybridized carbons (Fsp3) is 0.316. The predicted molar refractivity (Wildman–Crippen MR) is 96.5 cm³/mol. The van der Waals surface area contributed by atoms with Crippen LogP contribution in [0.3, 0.4) is 0 Å². The maximum absolute atomic E-state index is 13.0. The topological polar surface area (TPSA) is 20.0 Å². The van der Waals surface area contributed by atoms with E-state index in [-0.39, 0.29) is 5.56 Å². The molecular weight excluding hydrogens is 363 g/mol. The van der Waals surface area contributed by atoms with Crippen LogP contribution in [0.15, 0.2) is 53.6 Å². The Morgan fingerprint density at radius 2 is 1.69 bits per heavy atom. The first-order valence-electron chi connectivity index (χ1n) is 8.45. The van der Waals surface area contributed by atoms with Crippen molar-refractivity contribution in [2.75, 3.05) is 26.2 Å². The number of hydrogen-bond donors (Lipinski definition) is 1. The largest absolute Gasteiger partial charge is 0.417 e. The first-order valence-corrected chi connectivity index (χ1v) is 8.83. The fourth-order valence-electron chi connectivity index (χ4n) is 3.03. The molecule has 1 aliphatic rings. The van der Waals surface area contributed by atoms with Gasteiger partial charge in [-0.3, -0.25) is 5.01 Å². The van der Waals surface area contributed by atoms with Crippen molar-refractivity contribution in [3.05, 3.63) is 70.2 Å². The van der Waals surface area contributed by atoms with Crippen molar-refractivity contribution in [1.82, 2.24) is 5.01 Å². The van der Waals surface area contributed by atoms with E-state index in [1.807, 2.05) is 29.3 Å². The molecular formula is C19H20ClF3N3+. The number of quaternary nitrogens is 1. The van der Waals surface area contributed by atoms with Gasteiger partial charge in [-0.05, 0) is 12.1 Å². The molecule has 3 rings (SSSR count).